The second kappa shape index (κ2) is 11.9. The number of nitrogens with two attached hydrogens (primary N) is 1. The van der Waals surface area contributed by atoms with Crippen LogP contribution in [0.2, 0.25) is 5.02 Å². The lowest BCUT2D eigenvalue weighted by Crippen LogP contribution is -2.21. The molecule has 0 aliphatic carbocycles. The van der Waals surface area contributed by atoms with Gasteiger partial charge in [0.2, 0.25) is 5.88 Å². The minimum atomic E-state index is -0.602. The van der Waals surface area contributed by atoms with Gasteiger partial charge in [-0.1, -0.05) is 65.7 Å². The Hall–Kier alpha value is -4.93. The summed E-state index contributed by atoms with van der Waals surface area (Å²) >= 11 is 5.94. The number of hydrogen-bond donors (Lipinski definition) is 1. The van der Waals surface area contributed by atoms with Crippen LogP contribution in [0.5, 0.6) is 23.0 Å². The molecule has 1 aliphatic heterocycles. The highest BCUT2D eigenvalue weighted by molar-refractivity contribution is 6.30. The van der Waals surface area contributed by atoms with Crippen molar-refractivity contribution in [2.24, 2.45) is 5.73 Å². The summed E-state index contributed by atoms with van der Waals surface area (Å²) in [4.78, 5) is 12.4. The highest BCUT2D eigenvalue weighted by Gasteiger charge is 2.31. The zero-order valence-corrected chi connectivity index (χ0v) is 22.4. The molecule has 0 amide bonds. The lowest BCUT2D eigenvalue weighted by Gasteiger charge is -2.26. The first-order chi connectivity index (χ1) is 19.4. The maximum absolute atomic E-state index is 12.4. The topological polar surface area (TPSA) is 104 Å². The van der Waals surface area contributed by atoms with Crippen molar-refractivity contribution in [1.82, 2.24) is 0 Å². The number of aryl methyl sites for hydroxylation is 1. The number of nitrogens with zero attached hydrogens (tertiary/aromatic N) is 1. The molecule has 0 saturated heterocycles. The zero-order valence-electron chi connectivity index (χ0n) is 21.6. The highest BCUT2D eigenvalue weighted by Crippen LogP contribution is 2.43. The van der Waals surface area contributed by atoms with Crippen molar-refractivity contribution in [3.63, 3.8) is 0 Å². The molecule has 7 nitrogen and oxygen atoms in total. The smallest absolute Gasteiger partial charge is 0.349 e. The van der Waals surface area contributed by atoms with E-state index in [1.807, 2.05) is 55.5 Å². The van der Waals surface area contributed by atoms with Crippen LogP contribution in [0.25, 0.3) is 0 Å². The summed E-state index contributed by atoms with van der Waals surface area (Å²) < 4.78 is 22.6. The Bertz CT molecular complexity index is 1610. The van der Waals surface area contributed by atoms with Crippen LogP contribution < -0.4 is 24.7 Å². The summed E-state index contributed by atoms with van der Waals surface area (Å²) in [6.45, 7) is 2.18. The fourth-order valence-electron chi connectivity index (χ4n) is 4.31. The Morgan fingerprint density at radius 1 is 0.950 bits per heavy atom. The number of allylic oxidation sites excluding steroid dienone is 1. The number of esters is 1. The van der Waals surface area contributed by atoms with Gasteiger partial charge in [-0.3, -0.25) is 0 Å². The van der Waals surface area contributed by atoms with Crippen molar-refractivity contribution in [3.8, 4) is 29.1 Å². The van der Waals surface area contributed by atoms with Crippen molar-refractivity contribution in [2.45, 2.75) is 19.4 Å². The third kappa shape index (κ3) is 6.20. The molecule has 0 aromatic heterocycles. The van der Waals surface area contributed by atoms with Gasteiger partial charge in [-0.05, 0) is 54.4 Å². The van der Waals surface area contributed by atoms with E-state index in [0.717, 1.165) is 11.1 Å². The van der Waals surface area contributed by atoms with Crippen LogP contribution >= 0.6 is 11.6 Å². The van der Waals surface area contributed by atoms with Gasteiger partial charge in [0, 0.05) is 16.7 Å². The molecular weight excluding hydrogens is 528 g/mol. The molecule has 8 heteroatoms. The summed E-state index contributed by atoms with van der Waals surface area (Å²) in [5.41, 5.74) is 10.2. The van der Waals surface area contributed by atoms with Gasteiger partial charge in [0.05, 0.1) is 5.92 Å². The lowest BCUT2D eigenvalue weighted by molar-refractivity contribution is -0.136. The summed E-state index contributed by atoms with van der Waals surface area (Å²) in [6, 6.07) is 29.6. The van der Waals surface area contributed by atoms with E-state index in [1.54, 1.807) is 42.5 Å². The predicted octanol–water partition coefficient (Wildman–Crippen LogP) is 6.43. The monoisotopic (exact) mass is 552 g/mol. The minimum absolute atomic E-state index is 0.00698. The molecular formula is C32H25ClN2O5. The first kappa shape index (κ1) is 26.7. The number of ether oxygens (including phenoxy) is 4. The predicted molar refractivity (Wildman–Crippen MR) is 150 cm³/mol. The van der Waals surface area contributed by atoms with Crippen molar-refractivity contribution < 1.29 is 23.7 Å². The van der Waals surface area contributed by atoms with Crippen LogP contribution in [0.3, 0.4) is 0 Å². The van der Waals surface area contributed by atoms with Gasteiger partial charge in [0.25, 0.3) is 0 Å². The number of rotatable bonds is 8. The van der Waals surface area contributed by atoms with E-state index in [0.29, 0.717) is 40.0 Å². The molecule has 1 aliphatic rings. The molecule has 0 saturated carbocycles. The molecule has 4 aromatic rings. The summed E-state index contributed by atoms with van der Waals surface area (Å²) in [5, 5.41) is 10.4. The van der Waals surface area contributed by atoms with Gasteiger partial charge in [0.15, 0.2) is 6.61 Å². The molecule has 0 spiro atoms. The highest BCUT2D eigenvalue weighted by atomic mass is 35.5. The summed E-state index contributed by atoms with van der Waals surface area (Å²) in [6.07, 6.45) is 0. The number of carbonyl (C=O) groups excluding carboxylic acids is 1. The van der Waals surface area contributed by atoms with E-state index in [2.05, 4.69) is 6.07 Å². The number of carbonyl (C=O) groups is 1. The molecule has 2 N–H and O–H groups in total. The maximum Gasteiger partial charge on any atom is 0.349 e. The van der Waals surface area contributed by atoms with Crippen LogP contribution in [-0.4, -0.2) is 12.6 Å². The lowest BCUT2D eigenvalue weighted by atomic mass is 9.83. The molecule has 1 heterocycles. The Balaban J connectivity index is 1.30. The Morgan fingerprint density at radius 3 is 2.42 bits per heavy atom. The second-order valence-electron chi connectivity index (χ2n) is 9.19. The average molecular weight is 553 g/mol. The van der Waals surface area contributed by atoms with Crippen LogP contribution in [0.15, 0.2) is 102 Å². The normalized spacial score (nSPS) is 14.0. The molecule has 0 bridgehead atoms. The van der Waals surface area contributed by atoms with Gasteiger partial charge in [-0.2, -0.15) is 5.26 Å². The van der Waals surface area contributed by atoms with Crippen molar-refractivity contribution in [3.05, 3.63) is 130 Å². The van der Waals surface area contributed by atoms with Gasteiger partial charge in [-0.15, -0.1) is 0 Å². The molecule has 200 valence electrons. The van der Waals surface area contributed by atoms with Gasteiger partial charge >= 0.3 is 5.97 Å². The third-order valence-electron chi connectivity index (χ3n) is 6.31. The van der Waals surface area contributed by atoms with Crippen molar-refractivity contribution in [2.75, 3.05) is 6.61 Å². The van der Waals surface area contributed by atoms with E-state index >= 15 is 0 Å². The average Bonchev–Trinajstić information content (AvgIpc) is 2.95. The minimum Gasteiger partial charge on any atom is -0.489 e. The fourth-order valence-corrected chi connectivity index (χ4v) is 4.49. The van der Waals surface area contributed by atoms with Crippen LogP contribution in [0.1, 0.15) is 28.2 Å². The van der Waals surface area contributed by atoms with E-state index < -0.39 is 11.9 Å². The summed E-state index contributed by atoms with van der Waals surface area (Å²) in [7, 11) is 0. The molecule has 5 rings (SSSR count). The standard InChI is InChI=1S/C32H25ClN2O5/c1-20-5-7-21(8-6-20)18-37-24-11-9-22(10-12-24)31-27-14-13-26(16-29(27)40-32(35)28(31)17-34)39-30(36)19-38-25-4-2-3-23(33)15-25/h2-16,31H,18-19,35H2,1H3. The molecule has 40 heavy (non-hydrogen) atoms. The van der Waals surface area contributed by atoms with Crippen molar-refractivity contribution >= 4 is 17.6 Å². The largest absolute Gasteiger partial charge is 0.489 e. The number of nitriles is 1. The number of hydrogen-bond acceptors (Lipinski definition) is 7. The number of halogens is 1. The first-order valence-electron chi connectivity index (χ1n) is 12.5. The van der Waals surface area contributed by atoms with Crippen LogP contribution in [0, 0.1) is 18.3 Å². The fraction of sp³-hybridized carbons (Fsp3) is 0.125. The molecule has 1 atom stereocenters. The summed E-state index contributed by atoms with van der Waals surface area (Å²) in [5.74, 6) is 0.731. The third-order valence-corrected chi connectivity index (χ3v) is 6.55. The SMILES string of the molecule is Cc1ccc(COc2ccc(C3C(C#N)=C(N)Oc4cc(OC(=O)COc5cccc(Cl)c5)ccc43)cc2)cc1. The maximum atomic E-state index is 12.4. The zero-order chi connectivity index (χ0) is 28.1. The number of fused-ring (bicyclic) bond motifs is 1. The van der Waals surface area contributed by atoms with E-state index in [1.165, 1.54) is 5.56 Å². The van der Waals surface area contributed by atoms with E-state index in [4.69, 9.17) is 36.3 Å². The quantitative estimate of drug-likeness (QED) is 0.198. The van der Waals surface area contributed by atoms with Crippen LogP contribution in [-0.2, 0) is 11.4 Å². The van der Waals surface area contributed by atoms with Gasteiger partial charge in [0.1, 0.15) is 41.2 Å². The molecule has 1 unspecified atom stereocenters. The number of benzene rings is 4. The first-order valence-corrected chi connectivity index (χ1v) is 12.9. The molecule has 0 radical (unpaired) electrons. The Labute approximate surface area is 236 Å². The van der Waals surface area contributed by atoms with Gasteiger partial charge < -0.3 is 24.7 Å². The second-order valence-corrected chi connectivity index (χ2v) is 9.62. The van der Waals surface area contributed by atoms with Crippen molar-refractivity contribution in [1.29, 1.82) is 5.26 Å². The molecule has 0 fully saturated rings. The van der Waals surface area contributed by atoms with Gasteiger partial charge in [-0.25, -0.2) is 4.79 Å². The molecule has 4 aromatic carbocycles. The van der Waals surface area contributed by atoms with E-state index in [9.17, 15) is 10.1 Å². The van der Waals surface area contributed by atoms with E-state index in [-0.39, 0.29) is 18.2 Å². The van der Waals surface area contributed by atoms with Crippen LogP contribution in [0.4, 0.5) is 0 Å². The Kier molecular flexibility index (Phi) is 7.90. The Morgan fingerprint density at radius 2 is 1.70 bits per heavy atom.